The van der Waals surface area contributed by atoms with Crippen LogP contribution in [0.3, 0.4) is 0 Å². The highest BCUT2D eigenvalue weighted by Gasteiger charge is 2.12. The molecule has 160 valence electrons. The van der Waals surface area contributed by atoms with Crippen LogP contribution in [0, 0.1) is 12.3 Å². The van der Waals surface area contributed by atoms with Crippen molar-refractivity contribution in [2.75, 3.05) is 5.32 Å². The second kappa shape index (κ2) is 10.4. The molecular weight excluding hydrogens is 390 g/mol. The molecule has 0 bridgehead atoms. The lowest BCUT2D eigenvalue weighted by atomic mass is 9.98. The van der Waals surface area contributed by atoms with Crippen LogP contribution in [0.5, 0.6) is 5.75 Å². The van der Waals surface area contributed by atoms with Gasteiger partial charge in [-0.2, -0.15) is 0 Å². The van der Waals surface area contributed by atoms with Gasteiger partial charge in [0.05, 0.1) is 6.42 Å². The van der Waals surface area contributed by atoms with Gasteiger partial charge in [0.15, 0.2) is 0 Å². The maximum Gasteiger partial charge on any atom is 0.303 e. The lowest BCUT2D eigenvalue weighted by molar-refractivity contribution is -0.137. The number of nitrogens with one attached hydrogen (secondary N) is 2. The van der Waals surface area contributed by atoms with Gasteiger partial charge < -0.3 is 20.6 Å². The molecule has 1 unspecified atom stereocenters. The Balaban J connectivity index is 1.69. The van der Waals surface area contributed by atoms with E-state index in [2.05, 4.69) is 10.3 Å². The SMILES string of the molecule is Cc1c(COc2ccc(C(C)CC(=O)O)cc2)ccc(C=N)c1NCc1cccnc1. The number of nitrogens with zero attached hydrogens (tertiary/aromatic N) is 1. The van der Waals surface area contributed by atoms with Crippen LogP contribution in [0.1, 0.15) is 47.1 Å². The molecule has 0 spiro atoms. The van der Waals surface area contributed by atoms with Crippen molar-refractivity contribution in [1.82, 2.24) is 4.98 Å². The highest BCUT2D eigenvalue weighted by atomic mass is 16.5. The number of anilines is 1. The van der Waals surface area contributed by atoms with E-state index in [1.54, 1.807) is 6.20 Å². The molecule has 6 nitrogen and oxygen atoms in total. The first kappa shape index (κ1) is 22.0. The fourth-order valence-corrected chi connectivity index (χ4v) is 3.41. The molecule has 3 rings (SSSR count). The van der Waals surface area contributed by atoms with Gasteiger partial charge in [0, 0.05) is 36.4 Å². The molecule has 2 aromatic carbocycles. The number of rotatable bonds is 10. The van der Waals surface area contributed by atoms with Gasteiger partial charge in [-0.15, -0.1) is 0 Å². The van der Waals surface area contributed by atoms with E-state index in [0.29, 0.717) is 13.2 Å². The summed E-state index contributed by atoms with van der Waals surface area (Å²) in [7, 11) is 0. The Hall–Kier alpha value is -3.67. The van der Waals surface area contributed by atoms with Gasteiger partial charge in [-0.05, 0) is 53.3 Å². The van der Waals surface area contributed by atoms with Crippen molar-refractivity contribution in [1.29, 1.82) is 5.41 Å². The van der Waals surface area contributed by atoms with Crippen LogP contribution >= 0.6 is 0 Å². The van der Waals surface area contributed by atoms with Crippen molar-refractivity contribution < 1.29 is 14.6 Å². The van der Waals surface area contributed by atoms with E-state index in [4.69, 9.17) is 15.3 Å². The zero-order valence-corrected chi connectivity index (χ0v) is 17.8. The first-order valence-corrected chi connectivity index (χ1v) is 10.2. The summed E-state index contributed by atoms with van der Waals surface area (Å²) in [5.41, 5.74) is 5.85. The molecule has 3 aromatic rings. The van der Waals surface area contributed by atoms with Crippen molar-refractivity contribution in [2.24, 2.45) is 0 Å². The number of carbonyl (C=O) groups is 1. The van der Waals surface area contributed by atoms with Crippen LogP contribution in [-0.4, -0.2) is 22.3 Å². The molecule has 1 aromatic heterocycles. The molecule has 0 aliphatic carbocycles. The number of hydrogen-bond donors (Lipinski definition) is 3. The quantitative estimate of drug-likeness (QED) is 0.396. The van der Waals surface area contributed by atoms with Gasteiger partial charge >= 0.3 is 5.97 Å². The predicted octanol–water partition coefficient (Wildman–Crippen LogP) is 5.16. The number of pyridine rings is 1. The number of aromatic nitrogens is 1. The van der Waals surface area contributed by atoms with Gasteiger partial charge in [-0.1, -0.05) is 37.3 Å². The molecule has 3 N–H and O–H groups in total. The summed E-state index contributed by atoms with van der Waals surface area (Å²) >= 11 is 0. The molecule has 1 atom stereocenters. The third-order valence-corrected chi connectivity index (χ3v) is 5.28. The van der Waals surface area contributed by atoms with Crippen molar-refractivity contribution in [2.45, 2.75) is 39.3 Å². The molecule has 0 aliphatic rings. The topological polar surface area (TPSA) is 95.3 Å². The normalized spacial score (nSPS) is 11.5. The summed E-state index contributed by atoms with van der Waals surface area (Å²) in [6, 6.07) is 15.4. The van der Waals surface area contributed by atoms with Crippen molar-refractivity contribution in [3.05, 3.63) is 88.7 Å². The maximum atomic E-state index is 10.9. The first-order valence-electron chi connectivity index (χ1n) is 10.2. The molecular formula is C25H27N3O3. The Kier molecular flexibility index (Phi) is 7.38. The highest BCUT2D eigenvalue weighted by molar-refractivity contribution is 5.87. The average molecular weight is 418 g/mol. The van der Waals surface area contributed by atoms with E-state index >= 15 is 0 Å². The zero-order chi connectivity index (χ0) is 22.2. The number of carboxylic acid groups (broad SMARTS) is 1. The molecule has 0 fully saturated rings. The average Bonchev–Trinajstić information content (AvgIpc) is 2.78. The largest absolute Gasteiger partial charge is 0.489 e. The van der Waals surface area contributed by atoms with E-state index < -0.39 is 5.97 Å². The minimum Gasteiger partial charge on any atom is -0.489 e. The van der Waals surface area contributed by atoms with Crippen LogP contribution in [0.4, 0.5) is 5.69 Å². The predicted molar refractivity (Wildman–Crippen MR) is 122 cm³/mol. The standard InChI is InChI=1S/C25H27N3O3/c1-17(12-24(29)30)20-7-9-23(10-8-20)31-16-22-6-5-21(13-26)25(18(22)2)28-15-19-4-3-11-27-14-19/h3-11,13-14,17,26,28H,12,15-16H2,1-2H3,(H,29,30). The van der Waals surface area contributed by atoms with Gasteiger partial charge in [-0.3, -0.25) is 9.78 Å². The van der Waals surface area contributed by atoms with E-state index in [1.807, 2.05) is 68.6 Å². The summed E-state index contributed by atoms with van der Waals surface area (Å²) in [4.78, 5) is 15.0. The Morgan fingerprint density at radius 3 is 2.65 bits per heavy atom. The van der Waals surface area contributed by atoms with E-state index in [0.717, 1.165) is 39.3 Å². The second-order valence-corrected chi connectivity index (χ2v) is 7.53. The Labute approximate surface area is 182 Å². The van der Waals surface area contributed by atoms with Gasteiger partial charge in [0.1, 0.15) is 12.4 Å². The minimum absolute atomic E-state index is 0.0455. The van der Waals surface area contributed by atoms with Crippen LogP contribution in [0.25, 0.3) is 0 Å². The summed E-state index contributed by atoms with van der Waals surface area (Å²) in [5.74, 6) is -0.118. The molecule has 0 saturated heterocycles. The molecule has 6 heteroatoms. The lowest BCUT2D eigenvalue weighted by Crippen LogP contribution is -2.07. The molecule has 31 heavy (non-hydrogen) atoms. The summed E-state index contributed by atoms with van der Waals surface area (Å²) in [6.45, 7) is 4.94. The van der Waals surface area contributed by atoms with Crippen molar-refractivity contribution >= 4 is 17.9 Å². The van der Waals surface area contributed by atoms with Crippen LogP contribution in [0.15, 0.2) is 60.9 Å². The summed E-state index contributed by atoms with van der Waals surface area (Å²) in [6.07, 6.45) is 5.02. The van der Waals surface area contributed by atoms with Crippen LogP contribution < -0.4 is 10.1 Å². The molecule has 0 aliphatic heterocycles. The van der Waals surface area contributed by atoms with E-state index in [-0.39, 0.29) is 12.3 Å². The summed E-state index contributed by atoms with van der Waals surface area (Å²) in [5, 5.41) is 20.1. The smallest absolute Gasteiger partial charge is 0.303 e. The maximum absolute atomic E-state index is 10.9. The fourth-order valence-electron chi connectivity index (χ4n) is 3.41. The van der Waals surface area contributed by atoms with E-state index in [1.165, 1.54) is 6.21 Å². The third-order valence-electron chi connectivity index (χ3n) is 5.28. The number of carboxylic acids is 1. The summed E-state index contributed by atoms with van der Waals surface area (Å²) < 4.78 is 5.97. The van der Waals surface area contributed by atoms with Crippen LogP contribution in [-0.2, 0) is 17.9 Å². The van der Waals surface area contributed by atoms with Crippen LogP contribution in [0.2, 0.25) is 0 Å². The monoisotopic (exact) mass is 417 g/mol. The molecule has 0 radical (unpaired) electrons. The number of hydrogen-bond acceptors (Lipinski definition) is 5. The Morgan fingerprint density at radius 2 is 2.00 bits per heavy atom. The molecule has 1 heterocycles. The zero-order valence-electron chi connectivity index (χ0n) is 17.8. The Bertz CT molecular complexity index is 1030. The van der Waals surface area contributed by atoms with Gasteiger partial charge in [0.25, 0.3) is 0 Å². The number of ether oxygens (including phenoxy) is 1. The third kappa shape index (κ3) is 5.92. The highest BCUT2D eigenvalue weighted by Crippen LogP contribution is 2.26. The van der Waals surface area contributed by atoms with Crippen molar-refractivity contribution in [3.8, 4) is 5.75 Å². The number of benzene rings is 2. The minimum atomic E-state index is -0.801. The fraction of sp³-hybridized carbons (Fsp3) is 0.240. The Morgan fingerprint density at radius 1 is 1.23 bits per heavy atom. The first-order chi connectivity index (χ1) is 15.0. The lowest BCUT2D eigenvalue weighted by Gasteiger charge is -2.17. The second-order valence-electron chi connectivity index (χ2n) is 7.53. The molecule has 0 saturated carbocycles. The van der Waals surface area contributed by atoms with Gasteiger partial charge in [0.2, 0.25) is 0 Å². The molecule has 0 amide bonds. The van der Waals surface area contributed by atoms with E-state index in [9.17, 15) is 4.79 Å². The van der Waals surface area contributed by atoms with Gasteiger partial charge in [-0.25, -0.2) is 0 Å². The number of aliphatic carboxylic acids is 1. The van der Waals surface area contributed by atoms with Crippen molar-refractivity contribution in [3.63, 3.8) is 0 Å².